The van der Waals surface area contributed by atoms with E-state index in [1.54, 1.807) is 0 Å². The van der Waals surface area contributed by atoms with Gasteiger partial charge in [0.1, 0.15) is 6.29 Å². The molecule has 16 heavy (non-hydrogen) atoms. The molecule has 4 nitrogen and oxygen atoms in total. The number of aldehydes is 1. The maximum atomic E-state index is 12.1. The van der Waals surface area contributed by atoms with Crippen molar-refractivity contribution >= 4 is 6.29 Å². The zero-order valence-corrected chi connectivity index (χ0v) is 8.70. The molecule has 6 heteroatoms. The molecule has 1 aromatic carbocycles. The monoisotopic (exact) mass is 232 g/mol. The van der Waals surface area contributed by atoms with Crippen LogP contribution in [0.1, 0.15) is 10.4 Å². The van der Waals surface area contributed by atoms with Crippen molar-refractivity contribution in [3.05, 3.63) is 17.7 Å². The van der Waals surface area contributed by atoms with Crippen LogP contribution in [0.2, 0.25) is 0 Å². The van der Waals surface area contributed by atoms with Gasteiger partial charge in [0.15, 0.2) is 11.5 Å². The Kier molecular flexibility index (Phi) is 4.04. The lowest BCUT2D eigenvalue weighted by molar-refractivity contribution is -0.0526. The van der Waals surface area contributed by atoms with E-state index in [2.05, 4.69) is 4.74 Å². The molecule has 0 aliphatic carbocycles. The van der Waals surface area contributed by atoms with Gasteiger partial charge in [-0.3, -0.25) is 4.79 Å². The molecule has 88 valence electrons. The molecule has 0 saturated heterocycles. The Bertz CT molecular complexity index is 354. The Morgan fingerprint density at radius 3 is 2.00 bits per heavy atom. The van der Waals surface area contributed by atoms with Gasteiger partial charge in [-0.05, 0) is 12.1 Å². The summed E-state index contributed by atoms with van der Waals surface area (Å²) in [5.41, 5.74) is 0.246. The van der Waals surface area contributed by atoms with Gasteiger partial charge in [0, 0.05) is 5.56 Å². The first kappa shape index (κ1) is 12.2. The molecule has 0 aromatic heterocycles. The highest BCUT2D eigenvalue weighted by molar-refractivity contribution is 5.78. The Morgan fingerprint density at radius 2 is 1.69 bits per heavy atom. The van der Waals surface area contributed by atoms with E-state index in [9.17, 15) is 13.6 Å². The second-order valence-corrected chi connectivity index (χ2v) is 2.75. The van der Waals surface area contributed by atoms with Gasteiger partial charge in [-0.25, -0.2) is 0 Å². The van der Waals surface area contributed by atoms with Crippen LogP contribution >= 0.6 is 0 Å². The van der Waals surface area contributed by atoms with Crippen LogP contribution in [0.15, 0.2) is 12.1 Å². The first-order chi connectivity index (χ1) is 7.62. The Labute approximate surface area is 90.7 Å². The highest BCUT2D eigenvalue weighted by Crippen LogP contribution is 2.39. The maximum Gasteiger partial charge on any atom is 0.387 e. The van der Waals surface area contributed by atoms with Gasteiger partial charge in [-0.1, -0.05) is 0 Å². The number of alkyl halides is 2. The number of methoxy groups -OCH3 is 2. The topological polar surface area (TPSA) is 44.8 Å². The van der Waals surface area contributed by atoms with Gasteiger partial charge >= 0.3 is 6.61 Å². The van der Waals surface area contributed by atoms with Gasteiger partial charge in [0.2, 0.25) is 5.75 Å². The molecule has 0 fully saturated rings. The fraction of sp³-hybridized carbons (Fsp3) is 0.300. The third-order valence-corrected chi connectivity index (χ3v) is 1.83. The fourth-order valence-corrected chi connectivity index (χ4v) is 1.17. The van der Waals surface area contributed by atoms with Gasteiger partial charge in [-0.2, -0.15) is 8.78 Å². The summed E-state index contributed by atoms with van der Waals surface area (Å²) >= 11 is 0. The van der Waals surface area contributed by atoms with Gasteiger partial charge in [0.25, 0.3) is 0 Å². The molecule has 1 rings (SSSR count). The van der Waals surface area contributed by atoms with Gasteiger partial charge in [0.05, 0.1) is 14.2 Å². The number of ether oxygens (including phenoxy) is 3. The third kappa shape index (κ3) is 2.59. The minimum absolute atomic E-state index is 0.0155. The van der Waals surface area contributed by atoms with Crippen LogP contribution < -0.4 is 14.2 Å². The molecular weight excluding hydrogens is 222 g/mol. The van der Waals surface area contributed by atoms with E-state index in [1.807, 2.05) is 0 Å². The van der Waals surface area contributed by atoms with E-state index in [-0.39, 0.29) is 22.8 Å². The predicted molar refractivity (Wildman–Crippen MR) is 51.6 cm³/mol. The summed E-state index contributed by atoms with van der Waals surface area (Å²) in [7, 11) is 2.56. The largest absolute Gasteiger partial charge is 0.493 e. The molecule has 0 radical (unpaired) electrons. The summed E-state index contributed by atoms with van der Waals surface area (Å²) in [5, 5.41) is 0. The number of halogens is 2. The SMILES string of the molecule is COc1cc(C=O)cc(OC)c1OC(F)F. The summed E-state index contributed by atoms with van der Waals surface area (Å²) in [4.78, 5) is 10.6. The number of hydrogen-bond acceptors (Lipinski definition) is 4. The lowest BCUT2D eigenvalue weighted by Gasteiger charge is -2.13. The molecule has 0 atom stereocenters. The number of hydrogen-bond donors (Lipinski definition) is 0. The zero-order valence-electron chi connectivity index (χ0n) is 8.70. The molecule has 0 unspecified atom stereocenters. The van der Waals surface area contributed by atoms with Crippen molar-refractivity contribution < 1.29 is 27.8 Å². The molecule has 0 heterocycles. The van der Waals surface area contributed by atoms with Crippen LogP contribution in [0, 0.1) is 0 Å². The summed E-state index contributed by atoms with van der Waals surface area (Å²) in [5.74, 6) is -0.200. The van der Waals surface area contributed by atoms with E-state index < -0.39 is 6.61 Å². The lowest BCUT2D eigenvalue weighted by Crippen LogP contribution is -2.05. The van der Waals surface area contributed by atoms with Crippen LogP contribution in [0.3, 0.4) is 0 Å². The molecule has 0 aliphatic rings. The summed E-state index contributed by atoms with van der Waals surface area (Å²) in [6.45, 7) is -3.00. The van der Waals surface area contributed by atoms with Crippen LogP contribution in [0.4, 0.5) is 8.78 Å². The van der Waals surface area contributed by atoms with Crippen LogP contribution in [0.25, 0.3) is 0 Å². The van der Waals surface area contributed by atoms with Crippen molar-refractivity contribution in [2.45, 2.75) is 6.61 Å². The summed E-state index contributed by atoms with van der Waals surface area (Å²) < 4.78 is 38.2. The van der Waals surface area contributed by atoms with Crippen LogP contribution in [-0.4, -0.2) is 27.1 Å². The molecule has 0 spiro atoms. The standard InChI is InChI=1S/C10H10F2O4/c1-14-7-3-6(5-13)4-8(15-2)9(7)16-10(11)12/h3-5,10H,1-2H3. The Balaban J connectivity index is 3.25. The van der Waals surface area contributed by atoms with Crippen molar-refractivity contribution in [2.24, 2.45) is 0 Å². The average molecular weight is 232 g/mol. The smallest absolute Gasteiger partial charge is 0.387 e. The van der Waals surface area contributed by atoms with Gasteiger partial charge in [-0.15, -0.1) is 0 Å². The highest BCUT2D eigenvalue weighted by atomic mass is 19.3. The zero-order chi connectivity index (χ0) is 12.1. The average Bonchev–Trinajstić information content (AvgIpc) is 2.28. The minimum atomic E-state index is -3.00. The second kappa shape index (κ2) is 5.29. The van der Waals surface area contributed by atoms with E-state index >= 15 is 0 Å². The van der Waals surface area contributed by atoms with Crippen molar-refractivity contribution in [1.82, 2.24) is 0 Å². The Hall–Kier alpha value is -1.85. The number of benzene rings is 1. The van der Waals surface area contributed by atoms with Crippen molar-refractivity contribution in [2.75, 3.05) is 14.2 Å². The Morgan fingerprint density at radius 1 is 1.19 bits per heavy atom. The first-order valence-electron chi connectivity index (χ1n) is 4.28. The molecule has 0 saturated carbocycles. The van der Waals surface area contributed by atoms with Crippen molar-refractivity contribution in [1.29, 1.82) is 0 Å². The summed E-state index contributed by atoms with van der Waals surface area (Å²) in [6.07, 6.45) is 0.553. The van der Waals surface area contributed by atoms with Gasteiger partial charge < -0.3 is 14.2 Å². The van der Waals surface area contributed by atoms with E-state index in [0.717, 1.165) is 0 Å². The van der Waals surface area contributed by atoms with Crippen LogP contribution in [-0.2, 0) is 0 Å². The lowest BCUT2D eigenvalue weighted by atomic mass is 10.2. The van der Waals surface area contributed by atoms with Crippen LogP contribution in [0.5, 0.6) is 17.2 Å². The fourth-order valence-electron chi connectivity index (χ4n) is 1.17. The third-order valence-electron chi connectivity index (χ3n) is 1.83. The summed E-state index contributed by atoms with van der Waals surface area (Å²) in [6, 6.07) is 2.57. The second-order valence-electron chi connectivity index (χ2n) is 2.75. The molecule has 0 aliphatic heterocycles. The minimum Gasteiger partial charge on any atom is -0.493 e. The maximum absolute atomic E-state index is 12.1. The number of rotatable bonds is 5. The van der Waals surface area contributed by atoms with E-state index in [4.69, 9.17) is 9.47 Å². The highest BCUT2D eigenvalue weighted by Gasteiger charge is 2.17. The molecule has 1 aromatic rings. The van der Waals surface area contributed by atoms with E-state index in [1.165, 1.54) is 26.4 Å². The first-order valence-corrected chi connectivity index (χ1v) is 4.28. The van der Waals surface area contributed by atoms with E-state index in [0.29, 0.717) is 6.29 Å². The number of carbonyl (C=O) groups excluding carboxylic acids is 1. The number of carbonyl (C=O) groups is 1. The van der Waals surface area contributed by atoms with Crippen molar-refractivity contribution in [3.63, 3.8) is 0 Å². The normalized spacial score (nSPS) is 10.1. The molecule has 0 bridgehead atoms. The molecule has 0 amide bonds. The predicted octanol–water partition coefficient (Wildman–Crippen LogP) is 2.12. The quantitative estimate of drug-likeness (QED) is 0.729. The molecular formula is C10H10F2O4. The van der Waals surface area contributed by atoms with Crippen molar-refractivity contribution in [3.8, 4) is 17.2 Å². The molecule has 0 N–H and O–H groups in total.